The van der Waals surface area contributed by atoms with E-state index in [0.29, 0.717) is 6.42 Å². The molecule has 3 heterocycles. The van der Waals surface area contributed by atoms with Gasteiger partial charge in [0.05, 0.1) is 6.20 Å². The summed E-state index contributed by atoms with van der Waals surface area (Å²) in [4.78, 5) is 12.7. The van der Waals surface area contributed by atoms with Crippen molar-refractivity contribution in [1.29, 1.82) is 0 Å². The van der Waals surface area contributed by atoms with Gasteiger partial charge in [-0.2, -0.15) is 5.10 Å². The van der Waals surface area contributed by atoms with Gasteiger partial charge in [-0.3, -0.25) is 9.89 Å². The molecule has 0 spiro atoms. The Morgan fingerprint density at radius 1 is 1.53 bits per heavy atom. The van der Waals surface area contributed by atoms with E-state index in [0.717, 1.165) is 11.4 Å². The number of aromatic nitrogens is 2. The van der Waals surface area contributed by atoms with E-state index in [-0.39, 0.29) is 11.8 Å². The van der Waals surface area contributed by atoms with Gasteiger partial charge in [0, 0.05) is 22.8 Å². The smallest absolute Gasteiger partial charge is 0.226 e. The van der Waals surface area contributed by atoms with Crippen LogP contribution in [0.1, 0.15) is 22.8 Å². The molecule has 0 radical (unpaired) electrons. The Balaban J connectivity index is 2.08. The Kier molecular flexibility index (Phi) is 1.85. The van der Waals surface area contributed by atoms with Gasteiger partial charge < -0.3 is 5.32 Å². The zero-order chi connectivity index (χ0) is 10.3. The number of carbonyl (C=O) groups is 1. The van der Waals surface area contributed by atoms with E-state index in [1.165, 1.54) is 4.88 Å². The predicted octanol–water partition coefficient (Wildman–Crippen LogP) is 1.95. The molecule has 15 heavy (non-hydrogen) atoms. The number of H-pyrrole nitrogens is 1. The van der Waals surface area contributed by atoms with Crippen molar-refractivity contribution in [2.75, 3.05) is 5.32 Å². The van der Waals surface area contributed by atoms with Crippen molar-refractivity contribution in [2.45, 2.75) is 12.3 Å². The molecule has 0 saturated carbocycles. The van der Waals surface area contributed by atoms with E-state index in [1.807, 2.05) is 11.4 Å². The first kappa shape index (κ1) is 8.67. The molecule has 2 aromatic rings. The highest BCUT2D eigenvalue weighted by Crippen LogP contribution is 2.37. The summed E-state index contributed by atoms with van der Waals surface area (Å²) in [6.45, 7) is 0. The quantitative estimate of drug-likeness (QED) is 0.770. The number of fused-ring (bicyclic) bond motifs is 1. The zero-order valence-electron chi connectivity index (χ0n) is 7.86. The number of thiophene rings is 1. The van der Waals surface area contributed by atoms with E-state index < -0.39 is 0 Å². The van der Waals surface area contributed by atoms with Gasteiger partial charge >= 0.3 is 0 Å². The highest BCUT2D eigenvalue weighted by atomic mass is 32.1. The predicted molar refractivity (Wildman–Crippen MR) is 58.0 cm³/mol. The molecule has 0 aliphatic carbocycles. The lowest BCUT2D eigenvalue weighted by Gasteiger charge is -2.20. The average Bonchev–Trinajstić information content (AvgIpc) is 2.86. The fraction of sp³-hybridized carbons (Fsp3) is 0.200. The molecule has 2 aromatic heterocycles. The standard InChI is InChI=1S/C10H9N3OS/c14-9-4-6(8-2-1-3-15-8)7-5-11-13-10(7)12-9/h1-3,5-6H,4H2,(H2,11,12,13,14). The van der Waals surface area contributed by atoms with Gasteiger partial charge in [0.25, 0.3) is 0 Å². The van der Waals surface area contributed by atoms with E-state index in [4.69, 9.17) is 0 Å². The fourth-order valence-electron chi connectivity index (χ4n) is 1.89. The molecular formula is C10H9N3OS. The Bertz CT molecular complexity index is 489. The van der Waals surface area contributed by atoms with Gasteiger partial charge in [0.1, 0.15) is 5.82 Å². The van der Waals surface area contributed by atoms with Crippen LogP contribution in [0.25, 0.3) is 0 Å². The summed E-state index contributed by atoms with van der Waals surface area (Å²) in [5, 5.41) is 11.6. The van der Waals surface area contributed by atoms with E-state index in [2.05, 4.69) is 21.6 Å². The zero-order valence-corrected chi connectivity index (χ0v) is 8.67. The first-order valence-corrected chi connectivity index (χ1v) is 5.59. The molecular weight excluding hydrogens is 210 g/mol. The number of hydrogen-bond donors (Lipinski definition) is 2. The third-order valence-corrected chi connectivity index (χ3v) is 3.57. The summed E-state index contributed by atoms with van der Waals surface area (Å²) in [6.07, 6.45) is 2.30. The minimum atomic E-state index is 0.0464. The van der Waals surface area contributed by atoms with E-state index in [1.54, 1.807) is 17.5 Å². The average molecular weight is 219 g/mol. The normalized spacial score (nSPS) is 19.7. The van der Waals surface area contributed by atoms with Crippen LogP contribution in [0.5, 0.6) is 0 Å². The lowest BCUT2D eigenvalue weighted by Crippen LogP contribution is -2.22. The lowest BCUT2D eigenvalue weighted by atomic mass is 9.93. The number of aromatic amines is 1. The van der Waals surface area contributed by atoms with Crippen LogP contribution in [0.2, 0.25) is 0 Å². The molecule has 1 atom stereocenters. The summed E-state index contributed by atoms with van der Waals surface area (Å²) < 4.78 is 0. The molecule has 4 nitrogen and oxygen atoms in total. The number of nitrogens with zero attached hydrogens (tertiary/aromatic N) is 1. The molecule has 0 aromatic carbocycles. The first-order valence-electron chi connectivity index (χ1n) is 4.71. The number of anilines is 1. The summed E-state index contributed by atoms with van der Waals surface area (Å²) >= 11 is 1.68. The Hall–Kier alpha value is -1.62. The summed E-state index contributed by atoms with van der Waals surface area (Å²) in [7, 11) is 0. The largest absolute Gasteiger partial charge is 0.311 e. The summed E-state index contributed by atoms with van der Waals surface area (Å²) in [5.41, 5.74) is 1.08. The van der Waals surface area contributed by atoms with Crippen LogP contribution in [0, 0.1) is 0 Å². The molecule has 2 N–H and O–H groups in total. The van der Waals surface area contributed by atoms with Crippen LogP contribution in [-0.4, -0.2) is 16.1 Å². The number of carbonyl (C=O) groups excluding carboxylic acids is 1. The van der Waals surface area contributed by atoms with Gasteiger partial charge in [-0.1, -0.05) is 6.07 Å². The maximum atomic E-state index is 11.5. The number of hydrogen-bond acceptors (Lipinski definition) is 3. The van der Waals surface area contributed by atoms with Crippen molar-refractivity contribution in [1.82, 2.24) is 10.2 Å². The molecule has 1 amide bonds. The van der Waals surface area contributed by atoms with Crippen molar-refractivity contribution in [2.24, 2.45) is 0 Å². The van der Waals surface area contributed by atoms with Gasteiger partial charge in [-0.15, -0.1) is 11.3 Å². The Morgan fingerprint density at radius 3 is 3.27 bits per heavy atom. The van der Waals surface area contributed by atoms with Crippen LogP contribution < -0.4 is 5.32 Å². The second-order valence-electron chi connectivity index (χ2n) is 3.52. The van der Waals surface area contributed by atoms with Crippen LogP contribution in [0.15, 0.2) is 23.7 Å². The first-order chi connectivity index (χ1) is 7.34. The molecule has 0 saturated heterocycles. The SMILES string of the molecule is O=C1CC(c2cccs2)c2cn[nH]c2N1. The van der Waals surface area contributed by atoms with Crippen molar-refractivity contribution in [3.8, 4) is 0 Å². The van der Waals surface area contributed by atoms with Crippen LogP contribution >= 0.6 is 11.3 Å². The number of amides is 1. The van der Waals surface area contributed by atoms with Gasteiger partial charge in [0.15, 0.2) is 0 Å². The van der Waals surface area contributed by atoms with E-state index in [9.17, 15) is 4.79 Å². The minimum Gasteiger partial charge on any atom is -0.311 e. The van der Waals surface area contributed by atoms with Crippen molar-refractivity contribution in [3.05, 3.63) is 34.2 Å². The monoisotopic (exact) mass is 219 g/mol. The summed E-state index contributed by atoms with van der Waals surface area (Å²) in [5.74, 6) is 0.947. The molecule has 76 valence electrons. The van der Waals surface area contributed by atoms with Gasteiger partial charge in [0.2, 0.25) is 5.91 Å². The third kappa shape index (κ3) is 1.35. The Morgan fingerprint density at radius 2 is 2.47 bits per heavy atom. The molecule has 5 heteroatoms. The topological polar surface area (TPSA) is 57.8 Å². The highest BCUT2D eigenvalue weighted by Gasteiger charge is 2.28. The van der Waals surface area contributed by atoms with Gasteiger partial charge in [-0.25, -0.2) is 0 Å². The van der Waals surface area contributed by atoms with Crippen molar-refractivity contribution < 1.29 is 4.79 Å². The number of nitrogens with one attached hydrogen (secondary N) is 2. The molecule has 1 aliphatic heterocycles. The van der Waals surface area contributed by atoms with Crippen molar-refractivity contribution >= 4 is 23.1 Å². The lowest BCUT2D eigenvalue weighted by molar-refractivity contribution is -0.116. The summed E-state index contributed by atoms with van der Waals surface area (Å²) in [6, 6.07) is 4.07. The second-order valence-corrected chi connectivity index (χ2v) is 4.50. The van der Waals surface area contributed by atoms with Gasteiger partial charge in [-0.05, 0) is 11.4 Å². The van der Waals surface area contributed by atoms with Crippen LogP contribution in [0.3, 0.4) is 0 Å². The highest BCUT2D eigenvalue weighted by molar-refractivity contribution is 7.10. The Labute approximate surface area is 90.3 Å². The molecule has 0 fully saturated rings. The molecule has 0 bridgehead atoms. The molecule has 1 unspecified atom stereocenters. The maximum Gasteiger partial charge on any atom is 0.226 e. The molecule has 1 aliphatic rings. The van der Waals surface area contributed by atoms with Crippen LogP contribution in [-0.2, 0) is 4.79 Å². The fourth-order valence-corrected chi connectivity index (χ4v) is 2.73. The minimum absolute atomic E-state index is 0.0464. The van der Waals surface area contributed by atoms with E-state index >= 15 is 0 Å². The third-order valence-electron chi connectivity index (χ3n) is 2.58. The van der Waals surface area contributed by atoms with Crippen molar-refractivity contribution in [3.63, 3.8) is 0 Å². The molecule has 3 rings (SSSR count). The maximum absolute atomic E-state index is 11.5. The van der Waals surface area contributed by atoms with Crippen LogP contribution in [0.4, 0.5) is 5.82 Å². The number of rotatable bonds is 1. The second kappa shape index (κ2) is 3.20.